The van der Waals surface area contributed by atoms with Crippen molar-refractivity contribution in [3.8, 4) is 11.1 Å². The summed E-state index contributed by atoms with van der Waals surface area (Å²) in [6.45, 7) is 0. The summed E-state index contributed by atoms with van der Waals surface area (Å²) in [7, 11) is -2.46. The monoisotopic (exact) mass is 434 g/mol. The fourth-order valence-corrected chi connectivity index (χ4v) is 11.2. The van der Waals surface area contributed by atoms with E-state index in [1.54, 1.807) is 0 Å². The van der Waals surface area contributed by atoms with Gasteiger partial charge in [0.1, 0.15) is 0 Å². The largest absolute Gasteiger partial charge is 0.180 e. The van der Waals surface area contributed by atoms with Gasteiger partial charge in [-0.3, -0.25) is 0 Å². The van der Waals surface area contributed by atoms with Crippen LogP contribution in [0, 0.1) is 0 Å². The molecule has 0 bridgehead atoms. The molecule has 1 aliphatic heterocycles. The summed E-state index contributed by atoms with van der Waals surface area (Å²) in [5.74, 6) is 0. The molecule has 0 spiro atoms. The topological polar surface area (TPSA) is 0 Å². The average molecular weight is 435 g/mol. The zero-order valence-electron chi connectivity index (χ0n) is 18.2. The molecular weight excluding hydrogens is 412 g/mol. The molecule has 1 aliphatic rings. The van der Waals surface area contributed by atoms with Gasteiger partial charge in [0.05, 0.1) is 0 Å². The minimum Gasteiger partial charge on any atom is -0.0623 e. The van der Waals surface area contributed by atoms with Crippen LogP contribution in [0.2, 0.25) is 0 Å². The van der Waals surface area contributed by atoms with Crippen LogP contribution in [-0.2, 0) is 0 Å². The number of hydrogen-bond acceptors (Lipinski definition) is 0. The minimum atomic E-state index is -2.46. The van der Waals surface area contributed by atoms with Crippen LogP contribution in [0.1, 0.15) is 0 Å². The molecular formula is C32H22Si. The summed E-state index contributed by atoms with van der Waals surface area (Å²) in [6.07, 6.45) is 0. The molecule has 7 rings (SSSR count). The highest BCUT2D eigenvalue weighted by molar-refractivity contribution is 7.22. The van der Waals surface area contributed by atoms with Crippen LogP contribution in [0.5, 0.6) is 0 Å². The van der Waals surface area contributed by atoms with Crippen LogP contribution >= 0.6 is 0 Å². The van der Waals surface area contributed by atoms with Gasteiger partial charge in [-0.25, -0.2) is 0 Å². The van der Waals surface area contributed by atoms with Gasteiger partial charge in [-0.15, -0.1) is 0 Å². The molecule has 1 heteroatoms. The van der Waals surface area contributed by atoms with Crippen LogP contribution in [0.25, 0.3) is 32.7 Å². The van der Waals surface area contributed by atoms with Crippen molar-refractivity contribution in [2.45, 2.75) is 0 Å². The average Bonchev–Trinajstić information content (AvgIpc) is 3.22. The van der Waals surface area contributed by atoms with Gasteiger partial charge in [0, 0.05) is 0 Å². The normalized spacial score (nSPS) is 13.7. The Morgan fingerprint density at radius 1 is 0.333 bits per heavy atom. The first-order valence-corrected chi connectivity index (χ1v) is 13.5. The third kappa shape index (κ3) is 2.46. The van der Waals surface area contributed by atoms with Crippen LogP contribution in [0.15, 0.2) is 133 Å². The van der Waals surface area contributed by atoms with Crippen molar-refractivity contribution in [1.29, 1.82) is 0 Å². The van der Waals surface area contributed by atoms with Gasteiger partial charge < -0.3 is 0 Å². The van der Waals surface area contributed by atoms with Gasteiger partial charge in [-0.05, 0) is 53.4 Å². The first kappa shape index (κ1) is 18.6. The van der Waals surface area contributed by atoms with Gasteiger partial charge in [-0.1, -0.05) is 133 Å². The maximum absolute atomic E-state index is 2.46. The lowest BCUT2D eigenvalue weighted by Gasteiger charge is -2.31. The molecule has 0 amide bonds. The molecule has 154 valence electrons. The highest BCUT2D eigenvalue weighted by atomic mass is 28.3. The van der Waals surface area contributed by atoms with E-state index in [2.05, 4.69) is 133 Å². The third-order valence-electron chi connectivity index (χ3n) is 7.33. The summed E-state index contributed by atoms with van der Waals surface area (Å²) in [6, 6.07) is 49.7. The van der Waals surface area contributed by atoms with E-state index in [-0.39, 0.29) is 0 Å². The number of hydrogen-bond donors (Lipinski definition) is 0. The Bertz CT molecular complexity index is 1520. The second-order valence-corrected chi connectivity index (χ2v) is 12.6. The molecule has 0 aromatic heterocycles. The van der Waals surface area contributed by atoms with E-state index in [4.69, 9.17) is 0 Å². The van der Waals surface area contributed by atoms with Crippen molar-refractivity contribution >= 4 is 50.4 Å². The molecule has 0 nitrogen and oxygen atoms in total. The van der Waals surface area contributed by atoms with Crippen molar-refractivity contribution in [3.63, 3.8) is 0 Å². The van der Waals surface area contributed by atoms with E-state index in [0.717, 1.165) is 0 Å². The smallest absolute Gasteiger partial charge is 0.0623 e. The van der Waals surface area contributed by atoms with Crippen molar-refractivity contribution in [2.24, 2.45) is 0 Å². The lowest BCUT2D eigenvalue weighted by atomic mass is 9.94. The van der Waals surface area contributed by atoms with Crippen LogP contribution in [0.4, 0.5) is 0 Å². The second-order valence-electron chi connectivity index (χ2n) is 8.90. The molecule has 0 fully saturated rings. The Morgan fingerprint density at radius 2 is 0.727 bits per heavy atom. The van der Waals surface area contributed by atoms with Gasteiger partial charge >= 0.3 is 0 Å². The van der Waals surface area contributed by atoms with Gasteiger partial charge in [0.2, 0.25) is 0 Å². The maximum atomic E-state index is 2.43. The minimum absolute atomic E-state index is 1.31. The quantitative estimate of drug-likeness (QED) is 0.322. The molecule has 0 atom stereocenters. The summed E-state index contributed by atoms with van der Waals surface area (Å²) in [5, 5.41) is 11.2. The van der Waals surface area contributed by atoms with Crippen LogP contribution in [0.3, 0.4) is 0 Å². The summed E-state index contributed by atoms with van der Waals surface area (Å²) in [4.78, 5) is 0. The zero-order valence-corrected chi connectivity index (χ0v) is 19.2. The Morgan fingerprint density at radius 3 is 1.18 bits per heavy atom. The van der Waals surface area contributed by atoms with Crippen LogP contribution in [-0.4, -0.2) is 8.07 Å². The maximum Gasteiger partial charge on any atom is 0.180 e. The third-order valence-corrected chi connectivity index (χ3v) is 12.2. The Labute approximate surface area is 194 Å². The molecule has 0 saturated heterocycles. The Balaban J connectivity index is 1.77. The van der Waals surface area contributed by atoms with Crippen molar-refractivity contribution in [3.05, 3.63) is 133 Å². The lowest BCUT2D eigenvalue weighted by molar-refractivity contribution is 1.71. The lowest BCUT2D eigenvalue weighted by Crippen LogP contribution is -2.72. The highest BCUT2D eigenvalue weighted by Gasteiger charge is 2.49. The molecule has 0 saturated carbocycles. The van der Waals surface area contributed by atoms with Crippen molar-refractivity contribution in [2.75, 3.05) is 0 Å². The summed E-state index contributed by atoms with van der Waals surface area (Å²) in [5.41, 5.74) is 2.86. The summed E-state index contributed by atoms with van der Waals surface area (Å²) < 4.78 is 0. The van der Waals surface area contributed by atoms with E-state index in [1.165, 1.54) is 53.4 Å². The van der Waals surface area contributed by atoms with Crippen molar-refractivity contribution in [1.82, 2.24) is 0 Å². The Kier molecular flexibility index (Phi) is 3.96. The van der Waals surface area contributed by atoms with Gasteiger partial charge in [-0.2, -0.15) is 0 Å². The van der Waals surface area contributed by atoms with E-state index >= 15 is 0 Å². The number of benzene rings is 6. The fraction of sp³-hybridized carbons (Fsp3) is 0. The molecule has 0 radical (unpaired) electrons. The predicted octanol–water partition coefficient (Wildman–Crippen LogP) is 5.35. The SMILES string of the molecule is c1ccc([Si]2(c3ccccc3)c3ccc4ccccc4c3-c3c2ccc2ccccc32)cc1. The molecule has 1 heterocycles. The van der Waals surface area contributed by atoms with E-state index in [1.807, 2.05) is 0 Å². The predicted molar refractivity (Wildman–Crippen MR) is 144 cm³/mol. The Hall–Kier alpha value is -3.94. The van der Waals surface area contributed by atoms with E-state index < -0.39 is 8.07 Å². The molecule has 33 heavy (non-hydrogen) atoms. The summed E-state index contributed by atoms with van der Waals surface area (Å²) >= 11 is 0. The zero-order chi connectivity index (χ0) is 21.8. The van der Waals surface area contributed by atoms with Gasteiger partial charge in [0.15, 0.2) is 8.07 Å². The van der Waals surface area contributed by atoms with E-state index in [0.29, 0.717) is 0 Å². The molecule has 6 aromatic carbocycles. The molecule has 0 aliphatic carbocycles. The first-order chi connectivity index (χ1) is 16.4. The first-order valence-electron chi connectivity index (χ1n) is 11.5. The standard InChI is InChI=1S/C32H22Si/c1-3-13-25(14-4-1)33(26-15-5-2-6-16-26)29-21-19-23-11-7-9-17-27(23)31(29)32-28-18-10-8-12-24(28)20-22-30(32)33/h1-22H. The number of fused-ring (bicyclic) bond motifs is 7. The molecule has 6 aromatic rings. The second kappa shape index (κ2) is 7.03. The number of rotatable bonds is 2. The highest BCUT2D eigenvalue weighted by Crippen LogP contribution is 2.38. The molecule has 0 unspecified atom stereocenters. The van der Waals surface area contributed by atoms with E-state index in [9.17, 15) is 0 Å². The van der Waals surface area contributed by atoms with Crippen molar-refractivity contribution < 1.29 is 0 Å². The van der Waals surface area contributed by atoms with Crippen LogP contribution < -0.4 is 20.7 Å². The van der Waals surface area contributed by atoms with Gasteiger partial charge in [0.25, 0.3) is 0 Å². The fourth-order valence-electron chi connectivity index (χ4n) is 6.02. The molecule has 0 N–H and O–H groups in total.